The van der Waals surface area contributed by atoms with Crippen molar-refractivity contribution in [2.75, 3.05) is 13.1 Å². The average Bonchev–Trinajstić information content (AvgIpc) is 3.31. The third-order valence-corrected chi connectivity index (χ3v) is 5.58. The predicted octanol–water partition coefficient (Wildman–Crippen LogP) is 3.24. The minimum Gasteiger partial charge on any atom is -0.352 e. The molecule has 2 heterocycles. The van der Waals surface area contributed by atoms with Crippen LogP contribution in [0.3, 0.4) is 0 Å². The van der Waals surface area contributed by atoms with Crippen molar-refractivity contribution in [1.82, 2.24) is 19.8 Å². The van der Waals surface area contributed by atoms with Crippen LogP contribution in [0, 0.1) is 11.7 Å². The van der Waals surface area contributed by atoms with Crippen LogP contribution in [-0.4, -0.2) is 39.4 Å². The van der Waals surface area contributed by atoms with E-state index in [1.165, 1.54) is 24.3 Å². The molecule has 3 aromatic rings. The van der Waals surface area contributed by atoms with Gasteiger partial charge >= 0.3 is 0 Å². The van der Waals surface area contributed by atoms with E-state index in [0.717, 1.165) is 30.5 Å². The number of hydrogen-bond acceptors (Lipinski definition) is 3. The molecule has 1 aliphatic heterocycles. The van der Waals surface area contributed by atoms with Gasteiger partial charge in [0, 0.05) is 44.1 Å². The van der Waals surface area contributed by atoms with Crippen LogP contribution in [0.5, 0.6) is 0 Å². The Balaban J connectivity index is 1.29. The maximum atomic E-state index is 13.1. The fourth-order valence-electron chi connectivity index (χ4n) is 3.84. The lowest BCUT2D eigenvalue weighted by atomic mass is 9.96. The molecule has 160 valence electrons. The number of benzene rings is 2. The zero-order valence-corrected chi connectivity index (χ0v) is 17.2. The van der Waals surface area contributed by atoms with Crippen LogP contribution in [0.15, 0.2) is 67.3 Å². The van der Waals surface area contributed by atoms with Crippen molar-refractivity contribution in [3.63, 3.8) is 0 Å². The monoisotopic (exact) mass is 420 g/mol. The Morgan fingerprint density at radius 1 is 1.06 bits per heavy atom. The van der Waals surface area contributed by atoms with E-state index < -0.39 is 0 Å². The molecule has 2 amide bonds. The Morgan fingerprint density at radius 2 is 1.81 bits per heavy atom. The van der Waals surface area contributed by atoms with Gasteiger partial charge in [-0.15, -0.1) is 0 Å². The Bertz CT molecular complexity index is 1020. The molecule has 1 fully saturated rings. The van der Waals surface area contributed by atoms with E-state index >= 15 is 0 Å². The van der Waals surface area contributed by atoms with Crippen molar-refractivity contribution in [2.45, 2.75) is 25.9 Å². The van der Waals surface area contributed by atoms with Gasteiger partial charge in [-0.25, -0.2) is 9.37 Å². The number of likely N-dealkylation sites (tertiary alicyclic amines) is 1. The molecule has 0 saturated carbocycles. The number of aromatic nitrogens is 2. The topological polar surface area (TPSA) is 67.2 Å². The molecule has 1 aromatic heterocycles. The molecule has 0 aliphatic carbocycles. The number of rotatable bonds is 6. The average molecular weight is 420 g/mol. The molecular weight excluding hydrogens is 395 g/mol. The van der Waals surface area contributed by atoms with Crippen molar-refractivity contribution in [1.29, 1.82) is 0 Å². The van der Waals surface area contributed by atoms with Crippen LogP contribution in [0.4, 0.5) is 4.39 Å². The second-order valence-corrected chi connectivity index (χ2v) is 7.87. The molecule has 7 heteroatoms. The van der Waals surface area contributed by atoms with Crippen LogP contribution in [0.25, 0.3) is 0 Å². The first-order valence-corrected chi connectivity index (χ1v) is 10.4. The van der Waals surface area contributed by atoms with Gasteiger partial charge in [0.2, 0.25) is 5.91 Å². The van der Waals surface area contributed by atoms with Crippen molar-refractivity contribution in [3.05, 3.63) is 89.8 Å². The lowest BCUT2D eigenvalue weighted by molar-refractivity contribution is -0.126. The molecule has 31 heavy (non-hydrogen) atoms. The Labute approximate surface area is 180 Å². The maximum Gasteiger partial charge on any atom is 0.253 e. The number of amides is 2. The van der Waals surface area contributed by atoms with Gasteiger partial charge in [0.15, 0.2) is 0 Å². The lowest BCUT2D eigenvalue weighted by Gasteiger charge is -2.32. The minimum absolute atomic E-state index is 0.0425. The van der Waals surface area contributed by atoms with Gasteiger partial charge in [-0.3, -0.25) is 9.59 Å². The summed E-state index contributed by atoms with van der Waals surface area (Å²) in [6.45, 7) is 2.20. The summed E-state index contributed by atoms with van der Waals surface area (Å²) in [6, 6.07) is 13.6. The van der Waals surface area contributed by atoms with Crippen molar-refractivity contribution >= 4 is 11.8 Å². The number of nitrogens with one attached hydrogen (secondary N) is 1. The summed E-state index contributed by atoms with van der Waals surface area (Å²) < 4.78 is 15.1. The first kappa shape index (κ1) is 20.8. The molecule has 0 bridgehead atoms. The van der Waals surface area contributed by atoms with Gasteiger partial charge < -0.3 is 14.8 Å². The zero-order valence-electron chi connectivity index (χ0n) is 17.2. The number of carbonyl (C=O) groups excluding carboxylic acids is 2. The summed E-state index contributed by atoms with van der Waals surface area (Å²) >= 11 is 0. The van der Waals surface area contributed by atoms with Crippen LogP contribution < -0.4 is 5.32 Å². The Morgan fingerprint density at radius 3 is 2.52 bits per heavy atom. The second-order valence-electron chi connectivity index (χ2n) is 7.87. The number of piperidine rings is 1. The highest BCUT2D eigenvalue weighted by molar-refractivity contribution is 5.94. The summed E-state index contributed by atoms with van der Waals surface area (Å²) in [7, 11) is 0. The van der Waals surface area contributed by atoms with Gasteiger partial charge in [0.1, 0.15) is 5.82 Å². The van der Waals surface area contributed by atoms with Crippen molar-refractivity contribution in [2.24, 2.45) is 5.92 Å². The molecule has 2 aromatic carbocycles. The van der Waals surface area contributed by atoms with E-state index in [2.05, 4.69) is 10.3 Å². The van der Waals surface area contributed by atoms with E-state index in [1.54, 1.807) is 17.4 Å². The number of nitrogens with zero attached hydrogens (tertiary/aromatic N) is 3. The van der Waals surface area contributed by atoms with E-state index in [1.807, 2.05) is 35.0 Å². The molecule has 1 aliphatic rings. The summed E-state index contributed by atoms with van der Waals surface area (Å²) in [4.78, 5) is 31.1. The lowest BCUT2D eigenvalue weighted by Crippen LogP contribution is -2.45. The van der Waals surface area contributed by atoms with E-state index in [0.29, 0.717) is 25.2 Å². The SMILES string of the molecule is O=C(NCc1ccc(Cn2ccnc2)cc1)C1CCCN(C(=O)c2ccc(F)cc2)C1. The van der Waals surface area contributed by atoms with Crippen LogP contribution in [-0.2, 0) is 17.9 Å². The van der Waals surface area contributed by atoms with E-state index in [9.17, 15) is 14.0 Å². The summed E-state index contributed by atoms with van der Waals surface area (Å²) in [5.74, 6) is -0.814. The van der Waals surface area contributed by atoms with Gasteiger partial charge in [0.25, 0.3) is 5.91 Å². The minimum atomic E-state index is -0.373. The highest BCUT2D eigenvalue weighted by Crippen LogP contribution is 2.19. The number of carbonyl (C=O) groups is 2. The second kappa shape index (κ2) is 9.55. The van der Waals surface area contributed by atoms with E-state index in [4.69, 9.17) is 0 Å². The molecule has 1 N–H and O–H groups in total. The third kappa shape index (κ3) is 5.36. The smallest absolute Gasteiger partial charge is 0.253 e. The fourth-order valence-corrected chi connectivity index (χ4v) is 3.84. The maximum absolute atomic E-state index is 13.1. The molecule has 1 unspecified atom stereocenters. The number of hydrogen-bond donors (Lipinski definition) is 1. The highest BCUT2D eigenvalue weighted by atomic mass is 19.1. The highest BCUT2D eigenvalue weighted by Gasteiger charge is 2.28. The van der Waals surface area contributed by atoms with Gasteiger partial charge in [-0.1, -0.05) is 24.3 Å². The largest absolute Gasteiger partial charge is 0.352 e. The molecule has 6 nitrogen and oxygen atoms in total. The normalized spacial score (nSPS) is 16.2. The zero-order chi connectivity index (χ0) is 21.6. The van der Waals surface area contributed by atoms with Crippen molar-refractivity contribution in [3.8, 4) is 0 Å². The summed E-state index contributed by atoms with van der Waals surface area (Å²) in [6.07, 6.45) is 6.98. The summed E-state index contributed by atoms with van der Waals surface area (Å²) in [5.41, 5.74) is 2.63. The standard InChI is InChI=1S/C24H25FN4O2/c25-22-9-7-20(8-10-22)24(31)29-12-1-2-21(16-29)23(30)27-14-18-3-5-19(6-4-18)15-28-13-11-26-17-28/h3-11,13,17,21H,1-2,12,14-16H2,(H,27,30). The van der Waals surface area contributed by atoms with Crippen molar-refractivity contribution < 1.29 is 14.0 Å². The summed E-state index contributed by atoms with van der Waals surface area (Å²) in [5, 5.41) is 3.00. The first-order valence-electron chi connectivity index (χ1n) is 10.4. The molecule has 0 spiro atoms. The van der Waals surface area contributed by atoms with Crippen LogP contribution in [0.1, 0.15) is 34.3 Å². The van der Waals surface area contributed by atoms with E-state index in [-0.39, 0.29) is 23.5 Å². The van der Waals surface area contributed by atoms with Crippen LogP contribution >= 0.6 is 0 Å². The number of halogens is 1. The molecule has 1 atom stereocenters. The van der Waals surface area contributed by atoms with Gasteiger partial charge in [-0.2, -0.15) is 0 Å². The predicted molar refractivity (Wildman–Crippen MR) is 115 cm³/mol. The fraction of sp³-hybridized carbons (Fsp3) is 0.292. The molecule has 0 radical (unpaired) electrons. The number of imidazole rings is 1. The van der Waals surface area contributed by atoms with Gasteiger partial charge in [0.05, 0.1) is 12.2 Å². The molecular formula is C24H25FN4O2. The Kier molecular flexibility index (Phi) is 6.40. The third-order valence-electron chi connectivity index (χ3n) is 5.58. The van der Waals surface area contributed by atoms with Gasteiger partial charge in [-0.05, 0) is 48.2 Å². The van der Waals surface area contributed by atoms with Crippen LogP contribution in [0.2, 0.25) is 0 Å². The molecule has 1 saturated heterocycles. The quantitative estimate of drug-likeness (QED) is 0.666. The molecule has 4 rings (SSSR count). The Hall–Kier alpha value is -3.48. The first-order chi connectivity index (χ1) is 15.1.